The van der Waals surface area contributed by atoms with Crippen LogP contribution in [0.25, 0.3) is 0 Å². The molecule has 1 N–H and O–H groups in total. The maximum atomic E-state index is 3.81. The van der Waals surface area contributed by atoms with E-state index in [0.717, 1.165) is 23.8 Å². The number of fused-ring (bicyclic) bond motifs is 1. The van der Waals surface area contributed by atoms with Crippen molar-refractivity contribution in [2.75, 3.05) is 6.54 Å². The SMILES string of the molecule is CCCNC(Cc1ccccc1)C1C2CCCC21. The van der Waals surface area contributed by atoms with Gasteiger partial charge in [-0.25, -0.2) is 0 Å². The van der Waals surface area contributed by atoms with Crippen molar-refractivity contribution >= 4 is 0 Å². The van der Waals surface area contributed by atoms with Crippen LogP contribution in [0.4, 0.5) is 0 Å². The van der Waals surface area contributed by atoms with Crippen molar-refractivity contribution < 1.29 is 0 Å². The number of hydrogen-bond acceptors (Lipinski definition) is 1. The Hall–Kier alpha value is -0.820. The van der Waals surface area contributed by atoms with Gasteiger partial charge >= 0.3 is 0 Å². The van der Waals surface area contributed by atoms with Crippen LogP contribution in [0.2, 0.25) is 0 Å². The standard InChI is InChI=1S/C17H25N/c1-2-11-18-16(12-13-7-4-3-5-8-13)17-14-9-6-10-15(14)17/h3-5,7-8,14-18H,2,6,9-12H2,1H3. The monoisotopic (exact) mass is 243 g/mol. The van der Waals surface area contributed by atoms with E-state index in [-0.39, 0.29) is 0 Å². The molecule has 1 heteroatoms. The molecule has 0 aromatic heterocycles. The fourth-order valence-electron chi connectivity index (χ4n) is 4.02. The third-order valence-corrected chi connectivity index (χ3v) is 4.89. The van der Waals surface area contributed by atoms with Gasteiger partial charge in [0.05, 0.1) is 0 Å². The van der Waals surface area contributed by atoms with Gasteiger partial charge in [-0.15, -0.1) is 0 Å². The van der Waals surface area contributed by atoms with Crippen molar-refractivity contribution in [3.63, 3.8) is 0 Å². The second-order valence-corrected chi connectivity index (χ2v) is 6.09. The van der Waals surface area contributed by atoms with E-state index >= 15 is 0 Å². The topological polar surface area (TPSA) is 12.0 Å². The highest BCUT2D eigenvalue weighted by atomic mass is 14.9. The quantitative estimate of drug-likeness (QED) is 0.804. The Balaban J connectivity index is 1.63. The van der Waals surface area contributed by atoms with Gasteiger partial charge in [-0.05, 0) is 55.5 Å². The molecule has 0 spiro atoms. The summed E-state index contributed by atoms with van der Waals surface area (Å²) in [5, 5.41) is 3.81. The van der Waals surface area contributed by atoms with Crippen LogP contribution in [0.1, 0.15) is 38.2 Å². The van der Waals surface area contributed by atoms with Gasteiger partial charge in [0, 0.05) is 6.04 Å². The van der Waals surface area contributed by atoms with Crippen LogP contribution in [-0.2, 0) is 6.42 Å². The van der Waals surface area contributed by atoms with E-state index in [2.05, 4.69) is 42.6 Å². The van der Waals surface area contributed by atoms with Crippen molar-refractivity contribution in [3.8, 4) is 0 Å². The van der Waals surface area contributed by atoms with Crippen molar-refractivity contribution in [3.05, 3.63) is 35.9 Å². The van der Waals surface area contributed by atoms with Gasteiger partial charge in [-0.2, -0.15) is 0 Å². The molecule has 2 aliphatic rings. The van der Waals surface area contributed by atoms with E-state index in [1.165, 1.54) is 44.2 Å². The molecule has 3 rings (SSSR count). The fourth-order valence-corrected chi connectivity index (χ4v) is 4.02. The van der Waals surface area contributed by atoms with Crippen LogP contribution in [0, 0.1) is 17.8 Å². The number of hydrogen-bond donors (Lipinski definition) is 1. The minimum atomic E-state index is 0.725. The predicted octanol–water partition coefficient (Wildman–Crippen LogP) is 3.64. The summed E-state index contributed by atoms with van der Waals surface area (Å²) in [5.41, 5.74) is 1.50. The zero-order valence-corrected chi connectivity index (χ0v) is 11.4. The van der Waals surface area contributed by atoms with Crippen molar-refractivity contribution in [1.29, 1.82) is 0 Å². The zero-order valence-electron chi connectivity index (χ0n) is 11.4. The molecular weight excluding hydrogens is 218 g/mol. The van der Waals surface area contributed by atoms with Crippen LogP contribution >= 0.6 is 0 Å². The average molecular weight is 243 g/mol. The lowest BCUT2D eigenvalue weighted by molar-refractivity contribution is 0.403. The molecule has 2 aliphatic carbocycles. The Morgan fingerprint density at radius 2 is 1.89 bits per heavy atom. The van der Waals surface area contributed by atoms with E-state index < -0.39 is 0 Å². The van der Waals surface area contributed by atoms with Crippen molar-refractivity contribution in [2.45, 2.75) is 45.1 Å². The summed E-state index contributed by atoms with van der Waals surface area (Å²) in [6, 6.07) is 11.7. The van der Waals surface area contributed by atoms with E-state index in [9.17, 15) is 0 Å². The molecule has 1 aromatic rings. The summed E-state index contributed by atoms with van der Waals surface area (Å²) in [5.74, 6) is 3.09. The molecule has 2 saturated carbocycles. The summed E-state index contributed by atoms with van der Waals surface area (Å²) in [6.07, 6.45) is 6.94. The van der Waals surface area contributed by atoms with Gasteiger partial charge in [0.1, 0.15) is 0 Å². The van der Waals surface area contributed by atoms with Crippen LogP contribution in [0.5, 0.6) is 0 Å². The van der Waals surface area contributed by atoms with Crippen LogP contribution in [0.15, 0.2) is 30.3 Å². The van der Waals surface area contributed by atoms with Crippen molar-refractivity contribution in [2.24, 2.45) is 17.8 Å². The zero-order chi connectivity index (χ0) is 12.4. The van der Waals surface area contributed by atoms with Gasteiger partial charge in [-0.3, -0.25) is 0 Å². The van der Waals surface area contributed by atoms with Gasteiger partial charge in [0.2, 0.25) is 0 Å². The first-order valence-corrected chi connectivity index (χ1v) is 7.67. The molecule has 3 atom stereocenters. The molecule has 0 heterocycles. The minimum Gasteiger partial charge on any atom is -0.313 e. The maximum Gasteiger partial charge on any atom is 0.0141 e. The second-order valence-electron chi connectivity index (χ2n) is 6.09. The number of rotatable bonds is 6. The summed E-state index contributed by atoms with van der Waals surface area (Å²) < 4.78 is 0. The molecule has 0 amide bonds. The first kappa shape index (κ1) is 12.2. The lowest BCUT2D eigenvalue weighted by Crippen LogP contribution is -2.35. The summed E-state index contributed by atoms with van der Waals surface area (Å²) in [6.45, 7) is 3.44. The van der Waals surface area contributed by atoms with Crippen LogP contribution < -0.4 is 5.32 Å². The lowest BCUT2D eigenvalue weighted by atomic mass is 9.97. The Morgan fingerprint density at radius 1 is 1.17 bits per heavy atom. The highest BCUT2D eigenvalue weighted by Gasteiger charge is 2.55. The molecule has 1 aromatic carbocycles. The lowest BCUT2D eigenvalue weighted by Gasteiger charge is -2.20. The van der Waals surface area contributed by atoms with Crippen molar-refractivity contribution in [1.82, 2.24) is 5.32 Å². The molecular formula is C17H25N. The minimum absolute atomic E-state index is 0.725. The molecule has 98 valence electrons. The summed E-state index contributed by atoms with van der Waals surface area (Å²) in [7, 11) is 0. The Labute approximate surface area is 111 Å². The first-order valence-electron chi connectivity index (χ1n) is 7.67. The smallest absolute Gasteiger partial charge is 0.0141 e. The molecule has 0 radical (unpaired) electrons. The third kappa shape index (κ3) is 2.47. The Morgan fingerprint density at radius 3 is 2.56 bits per heavy atom. The molecule has 2 fully saturated rings. The summed E-state index contributed by atoms with van der Waals surface area (Å²) in [4.78, 5) is 0. The molecule has 3 unspecified atom stereocenters. The van der Waals surface area contributed by atoms with E-state index in [4.69, 9.17) is 0 Å². The fraction of sp³-hybridized carbons (Fsp3) is 0.647. The van der Waals surface area contributed by atoms with E-state index in [1.807, 2.05) is 0 Å². The molecule has 0 saturated heterocycles. The Bertz CT molecular complexity index is 362. The van der Waals surface area contributed by atoms with Crippen LogP contribution in [-0.4, -0.2) is 12.6 Å². The normalized spacial score (nSPS) is 31.1. The number of benzene rings is 1. The first-order chi connectivity index (χ1) is 8.90. The Kier molecular flexibility index (Phi) is 3.69. The van der Waals surface area contributed by atoms with Crippen LogP contribution in [0.3, 0.4) is 0 Å². The molecule has 18 heavy (non-hydrogen) atoms. The maximum absolute atomic E-state index is 3.81. The third-order valence-electron chi connectivity index (χ3n) is 4.89. The van der Waals surface area contributed by atoms with Gasteiger partial charge in [-0.1, -0.05) is 43.7 Å². The average Bonchev–Trinajstić information content (AvgIpc) is 2.88. The highest BCUT2D eigenvalue weighted by Crippen LogP contribution is 2.59. The van der Waals surface area contributed by atoms with Gasteiger partial charge in [0.15, 0.2) is 0 Å². The largest absolute Gasteiger partial charge is 0.313 e. The van der Waals surface area contributed by atoms with E-state index in [0.29, 0.717) is 0 Å². The van der Waals surface area contributed by atoms with E-state index in [1.54, 1.807) is 0 Å². The molecule has 0 bridgehead atoms. The van der Waals surface area contributed by atoms with Gasteiger partial charge < -0.3 is 5.32 Å². The summed E-state index contributed by atoms with van der Waals surface area (Å²) >= 11 is 0. The highest BCUT2D eigenvalue weighted by molar-refractivity contribution is 5.18. The second kappa shape index (κ2) is 5.44. The molecule has 0 aliphatic heterocycles. The van der Waals surface area contributed by atoms with Gasteiger partial charge in [0.25, 0.3) is 0 Å². The molecule has 1 nitrogen and oxygen atoms in total. The predicted molar refractivity (Wildman–Crippen MR) is 76.5 cm³/mol. The number of nitrogens with one attached hydrogen (secondary N) is 1.